The number of nitrogens with zero attached hydrogens (tertiary/aromatic N) is 4. The summed E-state index contributed by atoms with van der Waals surface area (Å²) in [5, 5.41) is 5.01. The van der Waals surface area contributed by atoms with Gasteiger partial charge in [-0.2, -0.15) is 0 Å². The molecule has 0 unspecified atom stereocenters. The van der Waals surface area contributed by atoms with Crippen LogP contribution in [0, 0.1) is 5.92 Å². The first-order valence-corrected chi connectivity index (χ1v) is 12.9. The van der Waals surface area contributed by atoms with Crippen LogP contribution in [0.3, 0.4) is 0 Å². The average Bonchev–Trinajstić information content (AvgIpc) is 3.45. The van der Waals surface area contributed by atoms with E-state index >= 15 is 0 Å². The van der Waals surface area contributed by atoms with Crippen LogP contribution in [0.15, 0.2) is 60.9 Å². The zero-order valence-corrected chi connectivity index (χ0v) is 21.6. The third-order valence-corrected chi connectivity index (χ3v) is 7.72. The normalized spacial score (nSPS) is 21.4. The zero-order valence-electron chi connectivity index (χ0n) is 20.0. The number of anilines is 2. The van der Waals surface area contributed by atoms with E-state index in [2.05, 4.69) is 88.0 Å². The maximum atomic E-state index is 6.88. The lowest BCUT2D eigenvalue weighted by molar-refractivity contribution is 0.438. The average molecular weight is 494 g/mol. The van der Waals surface area contributed by atoms with Gasteiger partial charge >= 0.3 is 0 Å². The van der Waals surface area contributed by atoms with E-state index < -0.39 is 0 Å². The fourth-order valence-electron chi connectivity index (χ4n) is 5.21. The van der Waals surface area contributed by atoms with Crippen LogP contribution in [0.1, 0.15) is 63.1 Å². The molecule has 7 heteroatoms. The molecule has 2 saturated heterocycles. The van der Waals surface area contributed by atoms with Gasteiger partial charge in [0.15, 0.2) is 5.11 Å². The van der Waals surface area contributed by atoms with Crippen LogP contribution >= 0.6 is 23.8 Å². The van der Waals surface area contributed by atoms with E-state index in [4.69, 9.17) is 23.8 Å². The molecule has 3 aromatic rings. The predicted octanol–water partition coefficient (Wildman–Crippen LogP) is 6.53. The number of rotatable bonds is 5. The van der Waals surface area contributed by atoms with Crippen molar-refractivity contribution in [1.82, 2.24) is 14.9 Å². The summed E-state index contributed by atoms with van der Waals surface area (Å²) in [4.78, 5) is 9.28. The first-order chi connectivity index (χ1) is 16.4. The molecule has 0 bridgehead atoms. The summed E-state index contributed by atoms with van der Waals surface area (Å²) in [6, 6.07) is 16.9. The Labute approximate surface area is 212 Å². The van der Waals surface area contributed by atoms with Crippen LogP contribution in [-0.2, 0) is 0 Å². The van der Waals surface area contributed by atoms with Crippen LogP contribution < -0.4 is 15.1 Å². The maximum Gasteiger partial charge on any atom is 0.174 e. The Morgan fingerprint density at radius 1 is 1.09 bits per heavy atom. The fourth-order valence-corrected chi connectivity index (χ4v) is 5.85. The first-order valence-electron chi connectivity index (χ1n) is 12.2. The number of halogens is 1. The second kappa shape index (κ2) is 9.59. The van der Waals surface area contributed by atoms with Crippen molar-refractivity contribution in [3.63, 3.8) is 0 Å². The van der Waals surface area contributed by atoms with E-state index in [0.717, 1.165) is 41.1 Å². The van der Waals surface area contributed by atoms with Crippen LogP contribution in [0.25, 0.3) is 0 Å². The number of hydrogen-bond acceptors (Lipinski definition) is 3. The largest absolute Gasteiger partial charge is 0.370 e. The van der Waals surface area contributed by atoms with Crippen LogP contribution in [0.4, 0.5) is 11.4 Å². The topological polar surface area (TPSA) is 36.3 Å². The highest BCUT2D eigenvalue weighted by atomic mass is 35.5. The lowest BCUT2D eigenvalue weighted by atomic mass is 9.98. The molecular formula is C27H32ClN5S. The molecule has 0 amide bonds. The third-order valence-electron chi connectivity index (χ3n) is 7.10. The van der Waals surface area contributed by atoms with Crippen molar-refractivity contribution in [2.45, 2.75) is 51.7 Å². The van der Waals surface area contributed by atoms with E-state index in [1.165, 1.54) is 18.5 Å². The van der Waals surface area contributed by atoms with Crippen molar-refractivity contribution in [3.05, 3.63) is 77.3 Å². The molecular weight excluding hydrogens is 462 g/mol. The molecule has 0 saturated carbocycles. The lowest BCUT2D eigenvalue weighted by Gasteiger charge is -2.34. The van der Waals surface area contributed by atoms with Gasteiger partial charge in [0.25, 0.3) is 0 Å². The van der Waals surface area contributed by atoms with Crippen molar-refractivity contribution in [1.29, 1.82) is 0 Å². The predicted molar refractivity (Wildman–Crippen MR) is 145 cm³/mol. The highest BCUT2D eigenvalue weighted by Crippen LogP contribution is 2.44. The molecule has 2 aliphatic heterocycles. The van der Waals surface area contributed by atoms with Gasteiger partial charge in [0, 0.05) is 42.9 Å². The Hall–Kier alpha value is -2.57. The van der Waals surface area contributed by atoms with Crippen LogP contribution in [-0.4, -0.2) is 27.8 Å². The Morgan fingerprint density at radius 2 is 1.88 bits per heavy atom. The molecule has 4 heterocycles. The summed E-state index contributed by atoms with van der Waals surface area (Å²) in [7, 11) is 0. The highest BCUT2D eigenvalue weighted by molar-refractivity contribution is 7.80. The number of nitrogens with one attached hydrogen (secondary N) is 1. The summed E-state index contributed by atoms with van der Waals surface area (Å²) < 4.78 is 2.31. The first kappa shape index (κ1) is 23.2. The Morgan fingerprint density at radius 3 is 2.56 bits per heavy atom. The van der Waals surface area contributed by atoms with Gasteiger partial charge in [-0.1, -0.05) is 24.6 Å². The van der Waals surface area contributed by atoms with Gasteiger partial charge < -0.3 is 19.7 Å². The third kappa shape index (κ3) is 4.29. The number of aromatic nitrogens is 2. The summed E-state index contributed by atoms with van der Waals surface area (Å²) in [5.74, 6) is 0.781. The molecule has 0 radical (unpaired) electrons. The fraction of sp³-hybridized carbons (Fsp3) is 0.407. The van der Waals surface area contributed by atoms with E-state index in [-0.39, 0.29) is 12.1 Å². The summed E-state index contributed by atoms with van der Waals surface area (Å²) in [5.41, 5.74) is 4.28. The van der Waals surface area contributed by atoms with Gasteiger partial charge in [-0.3, -0.25) is 4.98 Å². The molecule has 2 aromatic heterocycles. The number of hydrogen-bond donors (Lipinski definition) is 1. The second-order valence-electron chi connectivity index (χ2n) is 9.74. The summed E-state index contributed by atoms with van der Waals surface area (Å²) in [6.45, 7) is 8.84. The van der Waals surface area contributed by atoms with Crippen molar-refractivity contribution in [2.24, 2.45) is 5.92 Å². The minimum Gasteiger partial charge on any atom is -0.370 e. The highest BCUT2D eigenvalue weighted by Gasteiger charge is 2.42. The zero-order chi connectivity index (χ0) is 23.8. The smallest absolute Gasteiger partial charge is 0.174 e. The van der Waals surface area contributed by atoms with Crippen molar-refractivity contribution >= 4 is 40.3 Å². The standard InChI is InChI=1S/C27H32ClN5S/c1-18(2)32-14-6-8-24(32)26-25(22-7-4-5-13-29-22)30-27(34)33(26)20-9-10-23(21(28)17-20)31-15-11-19(3)12-16-31/h4-10,13-14,17-19,25-26H,11-12,15-16H2,1-3H3,(H,30,34)/t25-,26+/m0/s1. The number of thiocarbonyl (C=S) groups is 1. The SMILES string of the molecule is CC1CCN(c2ccc(N3C(=S)N[C@@H](c4ccccn4)[C@H]3c3cccn3C(C)C)cc2Cl)CC1. The Bertz CT molecular complexity index is 1150. The molecule has 2 fully saturated rings. The molecule has 5 nitrogen and oxygen atoms in total. The molecule has 5 rings (SSSR count). The van der Waals surface area contributed by atoms with Crippen molar-refractivity contribution in [2.75, 3.05) is 22.9 Å². The number of benzene rings is 1. The van der Waals surface area contributed by atoms with Gasteiger partial charge in [0.1, 0.15) is 6.04 Å². The molecule has 34 heavy (non-hydrogen) atoms. The van der Waals surface area contributed by atoms with Crippen LogP contribution in [0.2, 0.25) is 5.02 Å². The molecule has 178 valence electrons. The Kier molecular flexibility index (Phi) is 6.54. The van der Waals surface area contributed by atoms with Gasteiger partial charge in [-0.05, 0) is 87.3 Å². The number of piperidine rings is 1. The minimum absolute atomic E-state index is 0.0439. The van der Waals surface area contributed by atoms with Crippen LogP contribution in [0.5, 0.6) is 0 Å². The molecule has 2 atom stereocenters. The van der Waals surface area contributed by atoms with Gasteiger partial charge in [0.05, 0.1) is 22.4 Å². The summed E-state index contributed by atoms with van der Waals surface area (Å²) >= 11 is 12.8. The molecule has 1 aromatic carbocycles. The molecule has 0 spiro atoms. The van der Waals surface area contributed by atoms with E-state index in [0.29, 0.717) is 11.2 Å². The monoisotopic (exact) mass is 493 g/mol. The lowest BCUT2D eigenvalue weighted by Crippen LogP contribution is -2.33. The quantitative estimate of drug-likeness (QED) is 0.409. The van der Waals surface area contributed by atoms with E-state index in [9.17, 15) is 0 Å². The molecule has 1 N–H and O–H groups in total. The molecule has 0 aliphatic carbocycles. The molecule has 2 aliphatic rings. The van der Waals surface area contributed by atoms with Gasteiger partial charge in [-0.25, -0.2) is 0 Å². The van der Waals surface area contributed by atoms with Crippen molar-refractivity contribution in [3.8, 4) is 0 Å². The second-order valence-corrected chi connectivity index (χ2v) is 10.5. The Balaban J connectivity index is 1.54. The maximum absolute atomic E-state index is 6.88. The van der Waals surface area contributed by atoms with Gasteiger partial charge in [0.2, 0.25) is 0 Å². The van der Waals surface area contributed by atoms with E-state index in [1.54, 1.807) is 0 Å². The number of pyridine rings is 1. The van der Waals surface area contributed by atoms with Crippen molar-refractivity contribution < 1.29 is 0 Å². The van der Waals surface area contributed by atoms with E-state index in [1.807, 2.05) is 18.3 Å². The summed E-state index contributed by atoms with van der Waals surface area (Å²) in [6.07, 6.45) is 6.39. The van der Waals surface area contributed by atoms with Gasteiger partial charge in [-0.15, -0.1) is 0 Å². The minimum atomic E-state index is -0.0665.